The van der Waals surface area contributed by atoms with Crippen molar-refractivity contribution in [3.8, 4) is 11.3 Å². The van der Waals surface area contributed by atoms with Crippen LogP contribution in [0.15, 0.2) is 60.7 Å². The van der Waals surface area contributed by atoms with E-state index in [4.69, 9.17) is 5.41 Å². The van der Waals surface area contributed by atoms with E-state index in [1.165, 1.54) is 0 Å². The number of nitrogens with one attached hydrogen (secondary N) is 4. The summed E-state index contributed by atoms with van der Waals surface area (Å²) in [6, 6.07) is 9.85. The fourth-order valence-corrected chi connectivity index (χ4v) is 4.37. The number of hydrogen-bond donors (Lipinski definition) is 5. The van der Waals surface area contributed by atoms with Crippen LogP contribution in [0.1, 0.15) is 34.6 Å². The summed E-state index contributed by atoms with van der Waals surface area (Å²) in [4.78, 5) is 36.8. The fourth-order valence-electron chi connectivity index (χ4n) is 4.37. The number of fused-ring (bicyclic) bond motifs is 1. The van der Waals surface area contributed by atoms with Gasteiger partial charge in [-0.15, -0.1) is 0 Å². The topological polar surface area (TPSA) is 148 Å². The lowest BCUT2D eigenvalue weighted by Gasteiger charge is -2.33. The van der Waals surface area contributed by atoms with Crippen LogP contribution < -0.4 is 16.0 Å². The van der Waals surface area contributed by atoms with Gasteiger partial charge in [0.25, 0.3) is 5.91 Å². The van der Waals surface area contributed by atoms with Crippen molar-refractivity contribution < 1.29 is 14.7 Å². The van der Waals surface area contributed by atoms with E-state index < -0.39 is 12.1 Å². The van der Waals surface area contributed by atoms with E-state index in [2.05, 4.69) is 25.9 Å². The third-order valence-corrected chi connectivity index (χ3v) is 6.47. The molecule has 0 saturated carbocycles. The first-order chi connectivity index (χ1) is 18.3. The number of hydrogen-bond acceptors (Lipinski definition) is 8. The Labute approximate surface area is 221 Å². The third-order valence-electron chi connectivity index (χ3n) is 6.47. The van der Waals surface area contributed by atoms with Crippen LogP contribution in [-0.2, 0) is 11.3 Å². The van der Waals surface area contributed by atoms with Crippen molar-refractivity contribution in [2.24, 2.45) is 0 Å². The standard InChI is InChI=1S/C27H32N8O3/c1-17-5-4-6-19(13-17)22(16-36)31-25(37)18(2)35-12-11-34-15-20(14-23(34)26(35)38)21-8-10-30-27(32-21)33-24(29-3)7-9-28/h4-10,13-15,18,22,28-29,36H,11-12,16H2,1-3H3,(H,31,37)(H,30,32,33)/b24-7+,28-9?/t18-,22-/m1/s1. The van der Waals surface area contributed by atoms with Crippen LogP contribution in [0.3, 0.4) is 0 Å². The molecule has 0 unspecified atom stereocenters. The zero-order valence-corrected chi connectivity index (χ0v) is 21.6. The van der Waals surface area contributed by atoms with Gasteiger partial charge < -0.3 is 35.9 Å². The molecule has 0 aliphatic carbocycles. The Bertz CT molecular complexity index is 1370. The van der Waals surface area contributed by atoms with Gasteiger partial charge in [0.05, 0.1) is 18.3 Å². The molecule has 0 radical (unpaired) electrons. The maximum atomic E-state index is 13.4. The number of allylic oxidation sites excluding steroid dienone is 1. The van der Waals surface area contributed by atoms with Gasteiger partial charge in [0.1, 0.15) is 17.6 Å². The predicted molar refractivity (Wildman–Crippen MR) is 145 cm³/mol. The van der Waals surface area contributed by atoms with Gasteiger partial charge in [-0.2, -0.15) is 0 Å². The fraction of sp³-hybridized carbons (Fsp3) is 0.296. The van der Waals surface area contributed by atoms with Crippen LogP contribution in [0.5, 0.6) is 0 Å². The average molecular weight is 517 g/mol. The highest BCUT2D eigenvalue weighted by Gasteiger charge is 2.33. The molecule has 4 rings (SSSR count). The van der Waals surface area contributed by atoms with Crippen molar-refractivity contribution in [2.45, 2.75) is 32.5 Å². The number of benzene rings is 1. The number of nitrogens with zero attached hydrogens (tertiary/aromatic N) is 4. The molecular formula is C27H32N8O3. The second-order valence-corrected chi connectivity index (χ2v) is 9.03. The molecule has 2 atom stereocenters. The van der Waals surface area contributed by atoms with Crippen molar-refractivity contribution in [3.63, 3.8) is 0 Å². The summed E-state index contributed by atoms with van der Waals surface area (Å²) in [7, 11) is 1.72. The normalized spacial score (nSPS) is 14.9. The van der Waals surface area contributed by atoms with Crippen molar-refractivity contribution in [2.75, 3.05) is 25.5 Å². The molecular weight excluding hydrogens is 484 g/mol. The highest BCUT2D eigenvalue weighted by molar-refractivity contribution is 5.98. The number of aromatic nitrogens is 3. The van der Waals surface area contributed by atoms with Crippen LogP contribution in [0.2, 0.25) is 0 Å². The summed E-state index contributed by atoms with van der Waals surface area (Å²) < 4.78 is 1.87. The zero-order chi connectivity index (χ0) is 27.2. The van der Waals surface area contributed by atoms with E-state index in [1.54, 1.807) is 43.3 Å². The van der Waals surface area contributed by atoms with Crippen LogP contribution in [-0.4, -0.2) is 68.8 Å². The summed E-state index contributed by atoms with van der Waals surface area (Å²) >= 11 is 0. The molecule has 5 N–H and O–H groups in total. The number of rotatable bonds is 10. The first-order valence-electron chi connectivity index (χ1n) is 12.3. The highest BCUT2D eigenvalue weighted by atomic mass is 16.3. The second-order valence-electron chi connectivity index (χ2n) is 9.03. The minimum atomic E-state index is -0.719. The summed E-state index contributed by atoms with van der Waals surface area (Å²) in [5, 5.41) is 25.9. The van der Waals surface area contributed by atoms with E-state index in [1.807, 2.05) is 42.0 Å². The van der Waals surface area contributed by atoms with Crippen LogP contribution >= 0.6 is 0 Å². The SMILES string of the molecule is CN/C(=C\C=N)Nc1nccc(-c2cc3n(c2)CCN([C@H](C)C(=O)N[C@H](CO)c2cccc(C)c2)C3=O)n1. The van der Waals surface area contributed by atoms with E-state index >= 15 is 0 Å². The monoisotopic (exact) mass is 516 g/mol. The first-order valence-corrected chi connectivity index (χ1v) is 12.3. The number of amides is 2. The van der Waals surface area contributed by atoms with Gasteiger partial charge in [0.15, 0.2) is 0 Å². The van der Waals surface area contributed by atoms with Gasteiger partial charge in [0.2, 0.25) is 11.9 Å². The minimum Gasteiger partial charge on any atom is -0.394 e. The minimum absolute atomic E-state index is 0.245. The largest absolute Gasteiger partial charge is 0.394 e. The van der Waals surface area contributed by atoms with Gasteiger partial charge in [-0.05, 0) is 37.6 Å². The molecule has 1 aliphatic rings. The van der Waals surface area contributed by atoms with Gasteiger partial charge >= 0.3 is 0 Å². The number of aryl methyl sites for hydroxylation is 1. The predicted octanol–water partition coefficient (Wildman–Crippen LogP) is 2.07. The van der Waals surface area contributed by atoms with Crippen molar-refractivity contribution in [3.05, 3.63) is 77.5 Å². The van der Waals surface area contributed by atoms with Crippen LogP contribution in [0.25, 0.3) is 11.3 Å². The molecule has 2 aromatic heterocycles. The summed E-state index contributed by atoms with van der Waals surface area (Å²) in [5.41, 5.74) is 3.69. The second kappa shape index (κ2) is 11.7. The van der Waals surface area contributed by atoms with Gasteiger partial charge in [-0.1, -0.05) is 29.8 Å². The molecule has 0 saturated heterocycles. The Hall–Kier alpha value is -4.51. The number of carbonyl (C=O) groups excluding carboxylic acids is 2. The lowest BCUT2D eigenvalue weighted by Crippen LogP contribution is -2.52. The third kappa shape index (κ3) is 5.73. The Morgan fingerprint density at radius 2 is 2.08 bits per heavy atom. The lowest BCUT2D eigenvalue weighted by atomic mass is 10.0. The Morgan fingerprint density at radius 1 is 1.26 bits per heavy atom. The van der Waals surface area contributed by atoms with Crippen LogP contribution in [0.4, 0.5) is 5.95 Å². The van der Waals surface area contributed by atoms with E-state index in [0.29, 0.717) is 36.2 Å². The number of anilines is 1. The number of aliphatic hydroxyl groups is 1. The van der Waals surface area contributed by atoms with Crippen molar-refractivity contribution in [1.82, 2.24) is 30.1 Å². The van der Waals surface area contributed by atoms with Gasteiger partial charge in [0, 0.05) is 44.3 Å². The smallest absolute Gasteiger partial charge is 0.271 e. The molecule has 3 heterocycles. The lowest BCUT2D eigenvalue weighted by molar-refractivity contribution is -0.126. The molecule has 1 aromatic carbocycles. The Balaban J connectivity index is 1.49. The summed E-state index contributed by atoms with van der Waals surface area (Å²) in [5.74, 6) is 0.334. The van der Waals surface area contributed by atoms with Gasteiger partial charge in [-0.25, -0.2) is 9.97 Å². The quantitative estimate of drug-likeness (QED) is 0.259. The first kappa shape index (κ1) is 26.6. The molecule has 0 spiro atoms. The van der Waals surface area contributed by atoms with E-state index in [-0.39, 0.29) is 18.4 Å². The molecule has 1 aliphatic heterocycles. The maximum Gasteiger partial charge on any atom is 0.271 e. The Morgan fingerprint density at radius 3 is 2.79 bits per heavy atom. The average Bonchev–Trinajstić information content (AvgIpc) is 3.37. The molecule has 11 heteroatoms. The van der Waals surface area contributed by atoms with Gasteiger partial charge in [-0.3, -0.25) is 9.59 Å². The molecule has 198 valence electrons. The Kier molecular flexibility index (Phi) is 8.17. The molecule has 3 aromatic rings. The molecule has 11 nitrogen and oxygen atoms in total. The zero-order valence-electron chi connectivity index (χ0n) is 21.6. The van der Waals surface area contributed by atoms with Crippen LogP contribution in [0, 0.1) is 12.3 Å². The molecule has 2 amide bonds. The van der Waals surface area contributed by atoms with E-state index in [9.17, 15) is 14.7 Å². The maximum absolute atomic E-state index is 13.4. The highest BCUT2D eigenvalue weighted by Crippen LogP contribution is 2.25. The summed E-state index contributed by atoms with van der Waals surface area (Å²) in [6.45, 7) is 4.30. The number of aliphatic hydroxyl groups excluding tert-OH is 1. The summed E-state index contributed by atoms with van der Waals surface area (Å²) in [6.07, 6.45) is 6.18. The molecule has 38 heavy (non-hydrogen) atoms. The van der Waals surface area contributed by atoms with Crippen molar-refractivity contribution >= 4 is 24.0 Å². The molecule has 0 bridgehead atoms. The van der Waals surface area contributed by atoms with Crippen molar-refractivity contribution in [1.29, 1.82) is 5.41 Å². The molecule has 0 fully saturated rings. The van der Waals surface area contributed by atoms with E-state index in [0.717, 1.165) is 22.9 Å². The number of carbonyl (C=O) groups is 2.